The Kier molecular flexibility index (Phi) is 4.34. The third kappa shape index (κ3) is 2.27. The largest absolute Gasteiger partial charge is 0.393 e. The van der Waals surface area contributed by atoms with Crippen LogP contribution in [-0.2, 0) is 9.47 Å². The van der Waals surface area contributed by atoms with Gasteiger partial charge in [-0.25, -0.2) is 0 Å². The van der Waals surface area contributed by atoms with E-state index in [4.69, 9.17) is 9.47 Å². The molecule has 136 valence electrons. The maximum atomic E-state index is 10.2. The first-order chi connectivity index (χ1) is 11.5. The molecule has 0 heterocycles. The molecule has 0 aromatic heterocycles. The number of hydrogen-bond donors (Lipinski definition) is 1. The number of aliphatic hydroxyl groups is 1. The summed E-state index contributed by atoms with van der Waals surface area (Å²) in [6.45, 7) is 3.33. The number of methoxy groups -OCH3 is 2. The fourth-order valence-electron chi connectivity index (χ4n) is 7.30. The van der Waals surface area contributed by atoms with E-state index in [1.807, 2.05) is 14.2 Å². The van der Waals surface area contributed by atoms with Crippen LogP contribution in [0.5, 0.6) is 0 Å². The molecule has 0 aliphatic heterocycles. The maximum Gasteiger partial charge on any atom is 0.0627 e. The van der Waals surface area contributed by atoms with Gasteiger partial charge in [-0.05, 0) is 74.5 Å². The Hall–Kier alpha value is -0.380. The first kappa shape index (κ1) is 17.1. The predicted molar refractivity (Wildman–Crippen MR) is 94.7 cm³/mol. The highest BCUT2D eigenvalue weighted by Gasteiger charge is 2.60. The zero-order valence-electron chi connectivity index (χ0n) is 15.6. The minimum atomic E-state index is -0.143. The van der Waals surface area contributed by atoms with Gasteiger partial charge in [0.15, 0.2) is 0 Å². The minimum absolute atomic E-state index is 0.143. The van der Waals surface area contributed by atoms with Crippen molar-refractivity contribution in [2.24, 2.45) is 28.6 Å². The van der Waals surface area contributed by atoms with Crippen molar-refractivity contribution in [1.82, 2.24) is 0 Å². The van der Waals surface area contributed by atoms with Crippen molar-refractivity contribution < 1.29 is 14.6 Å². The highest BCUT2D eigenvalue weighted by molar-refractivity contribution is 5.26. The molecule has 0 spiro atoms. The summed E-state index contributed by atoms with van der Waals surface area (Å²) in [4.78, 5) is 0. The molecule has 4 aliphatic rings. The number of allylic oxidation sites excluding steroid dienone is 1. The Morgan fingerprint density at radius 1 is 1.12 bits per heavy atom. The van der Waals surface area contributed by atoms with Crippen LogP contribution in [0.3, 0.4) is 0 Å². The summed E-state index contributed by atoms with van der Waals surface area (Å²) in [5, 5.41) is 10.2. The van der Waals surface area contributed by atoms with Crippen LogP contribution < -0.4 is 0 Å². The van der Waals surface area contributed by atoms with Crippen molar-refractivity contribution >= 4 is 0 Å². The van der Waals surface area contributed by atoms with Crippen LogP contribution in [0.25, 0.3) is 0 Å². The molecular weight excluding hydrogens is 300 g/mol. The summed E-state index contributed by atoms with van der Waals surface area (Å²) in [7, 11) is 3.75. The quantitative estimate of drug-likeness (QED) is 0.794. The second-order valence-corrected chi connectivity index (χ2v) is 9.17. The van der Waals surface area contributed by atoms with Crippen LogP contribution >= 0.6 is 0 Å². The molecule has 0 amide bonds. The van der Waals surface area contributed by atoms with Crippen LogP contribution in [0, 0.1) is 28.6 Å². The molecule has 4 aliphatic carbocycles. The number of rotatable bonds is 3. The summed E-state index contributed by atoms with van der Waals surface area (Å²) in [6, 6.07) is 0. The van der Waals surface area contributed by atoms with Crippen molar-refractivity contribution in [3.8, 4) is 0 Å². The van der Waals surface area contributed by atoms with Crippen molar-refractivity contribution in [3.63, 3.8) is 0 Å². The van der Waals surface area contributed by atoms with E-state index in [-0.39, 0.29) is 11.5 Å². The van der Waals surface area contributed by atoms with Gasteiger partial charge in [0.05, 0.1) is 18.8 Å². The number of fused-ring (bicyclic) bond motifs is 5. The highest BCUT2D eigenvalue weighted by atomic mass is 16.5. The average Bonchev–Trinajstić information content (AvgIpc) is 2.92. The SMILES string of the molecule is COC[C@]12CCC(O)CC1=CC[C@@H]1[C@@H]2CC[C@]2(C)C(OC)CC[C@@H]12. The van der Waals surface area contributed by atoms with E-state index in [0.29, 0.717) is 11.5 Å². The maximum absolute atomic E-state index is 10.2. The lowest BCUT2D eigenvalue weighted by atomic mass is 9.47. The Bertz CT molecular complexity index is 515. The van der Waals surface area contributed by atoms with Crippen molar-refractivity contribution in [3.05, 3.63) is 11.6 Å². The molecule has 0 radical (unpaired) electrons. The molecule has 0 saturated heterocycles. The first-order valence-electron chi connectivity index (χ1n) is 9.94. The summed E-state index contributed by atoms with van der Waals surface area (Å²) < 4.78 is 11.6. The fourth-order valence-corrected chi connectivity index (χ4v) is 7.30. The highest BCUT2D eigenvalue weighted by Crippen LogP contribution is 2.65. The molecule has 3 saturated carbocycles. The predicted octanol–water partition coefficient (Wildman–Crippen LogP) is 3.95. The molecular formula is C21H34O3. The molecule has 3 nitrogen and oxygen atoms in total. The van der Waals surface area contributed by atoms with Gasteiger partial charge in [0.2, 0.25) is 0 Å². The van der Waals surface area contributed by atoms with E-state index in [9.17, 15) is 5.11 Å². The molecule has 7 atom stereocenters. The Balaban J connectivity index is 1.68. The Morgan fingerprint density at radius 3 is 2.71 bits per heavy atom. The molecule has 3 fully saturated rings. The number of aliphatic hydroxyl groups excluding tert-OH is 1. The van der Waals surface area contributed by atoms with Crippen LogP contribution in [0.15, 0.2) is 11.6 Å². The van der Waals surface area contributed by atoms with Crippen molar-refractivity contribution in [2.75, 3.05) is 20.8 Å². The third-order valence-electron chi connectivity index (χ3n) is 8.40. The lowest BCUT2D eigenvalue weighted by molar-refractivity contribution is -0.100. The third-order valence-corrected chi connectivity index (χ3v) is 8.40. The monoisotopic (exact) mass is 334 g/mol. The normalized spacial score (nSPS) is 50.7. The Morgan fingerprint density at radius 2 is 1.96 bits per heavy atom. The van der Waals surface area contributed by atoms with Gasteiger partial charge in [0.1, 0.15) is 0 Å². The summed E-state index contributed by atoms with van der Waals surface area (Å²) in [6.07, 6.45) is 12.1. The molecule has 24 heavy (non-hydrogen) atoms. The number of ether oxygens (including phenoxy) is 2. The summed E-state index contributed by atoms with van der Waals surface area (Å²) in [5.41, 5.74) is 2.07. The second kappa shape index (κ2) is 6.10. The smallest absolute Gasteiger partial charge is 0.0627 e. The van der Waals surface area contributed by atoms with Gasteiger partial charge in [-0.2, -0.15) is 0 Å². The average molecular weight is 335 g/mol. The van der Waals surface area contributed by atoms with Gasteiger partial charge >= 0.3 is 0 Å². The van der Waals surface area contributed by atoms with Gasteiger partial charge in [-0.1, -0.05) is 18.6 Å². The standard InChI is InChI=1S/C21H34O3/c1-20-10-9-18-16(17(20)6-7-19(20)24-3)5-4-14-12-15(22)8-11-21(14,18)13-23-2/h4,15-19,22H,5-13H2,1-3H3/t15?,16-,17-,18-,19?,20-,21+/m0/s1. The van der Waals surface area contributed by atoms with Gasteiger partial charge in [-0.3, -0.25) is 0 Å². The molecule has 0 bridgehead atoms. The van der Waals surface area contributed by atoms with E-state index < -0.39 is 0 Å². The van der Waals surface area contributed by atoms with Crippen molar-refractivity contribution in [1.29, 1.82) is 0 Å². The Labute approximate surface area is 146 Å². The van der Waals surface area contributed by atoms with Crippen molar-refractivity contribution in [2.45, 2.75) is 70.5 Å². The zero-order valence-corrected chi connectivity index (χ0v) is 15.6. The van der Waals surface area contributed by atoms with E-state index in [2.05, 4.69) is 13.0 Å². The van der Waals surface area contributed by atoms with Crippen LogP contribution in [0.4, 0.5) is 0 Å². The molecule has 4 rings (SSSR count). The van der Waals surface area contributed by atoms with E-state index in [1.54, 1.807) is 0 Å². The van der Waals surface area contributed by atoms with Gasteiger partial charge < -0.3 is 14.6 Å². The minimum Gasteiger partial charge on any atom is -0.393 e. The van der Waals surface area contributed by atoms with Crippen LogP contribution in [0.1, 0.15) is 58.3 Å². The second-order valence-electron chi connectivity index (χ2n) is 9.17. The fraction of sp³-hybridized carbons (Fsp3) is 0.905. The van der Waals surface area contributed by atoms with Crippen LogP contribution in [-0.4, -0.2) is 38.1 Å². The lowest BCUT2D eigenvalue weighted by Crippen LogP contribution is -2.53. The van der Waals surface area contributed by atoms with Gasteiger partial charge in [-0.15, -0.1) is 0 Å². The molecule has 3 heteroatoms. The zero-order chi connectivity index (χ0) is 16.9. The van der Waals surface area contributed by atoms with E-state index >= 15 is 0 Å². The molecule has 0 aromatic rings. The van der Waals surface area contributed by atoms with Gasteiger partial charge in [0.25, 0.3) is 0 Å². The van der Waals surface area contributed by atoms with E-state index in [0.717, 1.165) is 43.6 Å². The van der Waals surface area contributed by atoms with Gasteiger partial charge in [0, 0.05) is 19.6 Å². The molecule has 0 aromatic carbocycles. The lowest BCUT2D eigenvalue weighted by Gasteiger charge is -2.58. The summed E-state index contributed by atoms with van der Waals surface area (Å²) >= 11 is 0. The van der Waals surface area contributed by atoms with E-state index in [1.165, 1.54) is 37.7 Å². The molecule has 2 unspecified atom stereocenters. The number of hydrogen-bond acceptors (Lipinski definition) is 3. The molecule has 1 N–H and O–H groups in total. The summed E-state index contributed by atoms with van der Waals surface area (Å²) in [5.74, 6) is 2.30. The first-order valence-corrected chi connectivity index (χ1v) is 9.94. The van der Waals surface area contributed by atoms with Crippen LogP contribution in [0.2, 0.25) is 0 Å². The topological polar surface area (TPSA) is 38.7 Å².